The summed E-state index contributed by atoms with van der Waals surface area (Å²) in [5.74, 6) is 0.472. The molecule has 0 spiro atoms. The SMILES string of the molecule is O=C(C[S@](=O)Cc1cc(Cl)cc2c1OCOC2)Nc1ccccc1. The highest BCUT2D eigenvalue weighted by Gasteiger charge is 2.19. The van der Waals surface area contributed by atoms with E-state index in [-0.39, 0.29) is 24.2 Å². The smallest absolute Gasteiger partial charge is 0.237 e. The van der Waals surface area contributed by atoms with Crippen LogP contribution in [-0.4, -0.2) is 22.7 Å². The summed E-state index contributed by atoms with van der Waals surface area (Å²) in [6, 6.07) is 12.6. The predicted molar refractivity (Wildman–Crippen MR) is 93.5 cm³/mol. The van der Waals surface area contributed by atoms with Crippen LogP contribution in [0.5, 0.6) is 5.75 Å². The molecule has 7 heteroatoms. The van der Waals surface area contributed by atoms with Crippen molar-refractivity contribution in [3.63, 3.8) is 0 Å². The van der Waals surface area contributed by atoms with Gasteiger partial charge in [0.15, 0.2) is 6.79 Å². The molecule has 0 bridgehead atoms. The normalized spacial score (nSPS) is 14.4. The van der Waals surface area contributed by atoms with Crippen LogP contribution in [0.1, 0.15) is 11.1 Å². The monoisotopic (exact) mass is 365 g/mol. The highest BCUT2D eigenvalue weighted by Crippen LogP contribution is 2.32. The van der Waals surface area contributed by atoms with Gasteiger partial charge in [-0.1, -0.05) is 29.8 Å². The fraction of sp³-hybridized carbons (Fsp3) is 0.235. The molecule has 5 nitrogen and oxygen atoms in total. The highest BCUT2D eigenvalue weighted by molar-refractivity contribution is 7.85. The van der Waals surface area contributed by atoms with Crippen LogP contribution in [0.2, 0.25) is 5.02 Å². The van der Waals surface area contributed by atoms with Gasteiger partial charge in [0.25, 0.3) is 0 Å². The molecule has 1 aliphatic heterocycles. The molecule has 0 saturated carbocycles. The summed E-state index contributed by atoms with van der Waals surface area (Å²) in [6.45, 7) is 0.562. The van der Waals surface area contributed by atoms with Gasteiger partial charge in [-0.2, -0.15) is 0 Å². The van der Waals surface area contributed by atoms with E-state index >= 15 is 0 Å². The summed E-state index contributed by atoms with van der Waals surface area (Å²) in [7, 11) is -1.37. The van der Waals surface area contributed by atoms with Crippen LogP contribution in [-0.2, 0) is 32.7 Å². The van der Waals surface area contributed by atoms with Crippen molar-refractivity contribution in [2.24, 2.45) is 0 Å². The lowest BCUT2D eigenvalue weighted by Crippen LogP contribution is -2.21. The fourth-order valence-electron chi connectivity index (χ4n) is 2.45. The lowest BCUT2D eigenvalue weighted by Gasteiger charge is -2.21. The first-order valence-corrected chi connectivity index (χ1v) is 9.20. The summed E-state index contributed by atoms with van der Waals surface area (Å²) >= 11 is 6.09. The van der Waals surface area contributed by atoms with Crippen molar-refractivity contribution in [3.8, 4) is 5.75 Å². The van der Waals surface area contributed by atoms with Gasteiger partial charge in [-0.3, -0.25) is 9.00 Å². The second-order valence-corrected chi connectivity index (χ2v) is 7.20. The third kappa shape index (κ3) is 4.35. The van der Waals surface area contributed by atoms with Crippen molar-refractivity contribution < 1.29 is 18.5 Å². The second kappa shape index (κ2) is 7.79. The number of para-hydroxylation sites is 1. The summed E-state index contributed by atoms with van der Waals surface area (Å²) in [5.41, 5.74) is 2.24. The maximum absolute atomic E-state index is 12.3. The highest BCUT2D eigenvalue weighted by atomic mass is 35.5. The topological polar surface area (TPSA) is 64.6 Å². The molecule has 1 heterocycles. The number of rotatable bonds is 5. The summed E-state index contributed by atoms with van der Waals surface area (Å²) in [5, 5.41) is 3.25. The molecule has 2 aromatic carbocycles. The molecule has 1 N–H and O–H groups in total. The fourth-order valence-corrected chi connectivity index (χ4v) is 3.74. The molecule has 1 amide bonds. The van der Waals surface area contributed by atoms with Gasteiger partial charge in [0.2, 0.25) is 5.91 Å². The summed E-state index contributed by atoms with van der Waals surface area (Å²) < 4.78 is 23.0. The number of hydrogen-bond donors (Lipinski definition) is 1. The number of carbonyl (C=O) groups excluding carboxylic acids is 1. The summed E-state index contributed by atoms with van der Waals surface area (Å²) in [4.78, 5) is 12.0. The number of hydrogen-bond acceptors (Lipinski definition) is 4. The zero-order chi connectivity index (χ0) is 16.9. The molecule has 0 aromatic heterocycles. The zero-order valence-electron chi connectivity index (χ0n) is 12.8. The predicted octanol–water partition coefficient (Wildman–Crippen LogP) is 3.09. The zero-order valence-corrected chi connectivity index (χ0v) is 14.4. The van der Waals surface area contributed by atoms with Gasteiger partial charge in [0.05, 0.1) is 12.4 Å². The van der Waals surface area contributed by atoms with Crippen LogP contribution in [0.4, 0.5) is 5.69 Å². The Labute approximate surface area is 147 Å². The average Bonchev–Trinajstić information content (AvgIpc) is 2.55. The average molecular weight is 366 g/mol. The number of benzene rings is 2. The maximum Gasteiger partial charge on any atom is 0.237 e. The maximum atomic E-state index is 12.3. The van der Waals surface area contributed by atoms with E-state index in [0.29, 0.717) is 23.1 Å². The van der Waals surface area contributed by atoms with E-state index in [1.165, 1.54) is 0 Å². The van der Waals surface area contributed by atoms with Crippen molar-refractivity contribution >= 4 is 34.0 Å². The Bertz CT molecular complexity index is 767. The molecule has 0 aliphatic carbocycles. The van der Waals surface area contributed by atoms with Gasteiger partial charge in [-0.05, 0) is 24.3 Å². The Morgan fingerprint density at radius 3 is 2.83 bits per heavy atom. The van der Waals surface area contributed by atoms with Crippen LogP contribution in [0.15, 0.2) is 42.5 Å². The molecule has 24 heavy (non-hydrogen) atoms. The largest absolute Gasteiger partial charge is 0.467 e. The lowest BCUT2D eigenvalue weighted by molar-refractivity contribution is -0.113. The Morgan fingerprint density at radius 2 is 2.04 bits per heavy atom. The Kier molecular flexibility index (Phi) is 5.50. The first kappa shape index (κ1) is 17.0. The van der Waals surface area contributed by atoms with Crippen molar-refractivity contribution in [2.45, 2.75) is 12.4 Å². The van der Waals surface area contributed by atoms with Gasteiger partial charge in [-0.15, -0.1) is 0 Å². The van der Waals surface area contributed by atoms with E-state index in [0.717, 1.165) is 11.1 Å². The van der Waals surface area contributed by atoms with Gasteiger partial charge >= 0.3 is 0 Å². The van der Waals surface area contributed by atoms with Gasteiger partial charge < -0.3 is 14.8 Å². The first-order chi connectivity index (χ1) is 11.6. The molecule has 126 valence electrons. The van der Waals surface area contributed by atoms with Gasteiger partial charge in [0.1, 0.15) is 11.5 Å². The molecule has 1 aliphatic rings. The molecular weight excluding hydrogens is 350 g/mol. The number of carbonyl (C=O) groups is 1. The van der Waals surface area contributed by atoms with E-state index in [2.05, 4.69) is 5.32 Å². The number of ether oxygens (including phenoxy) is 2. The molecule has 0 radical (unpaired) electrons. The number of anilines is 1. The van der Waals surface area contributed by atoms with Gasteiger partial charge in [0, 0.05) is 32.6 Å². The Morgan fingerprint density at radius 1 is 1.25 bits per heavy atom. The number of amides is 1. The molecule has 0 fully saturated rings. The minimum absolute atomic E-state index is 0.0906. The van der Waals surface area contributed by atoms with E-state index in [9.17, 15) is 9.00 Å². The van der Waals surface area contributed by atoms with Crippen LogP contribution in [0.25, 0.3) is 0 Å². The first-order valence-electron chi connectivity index (χ1n) is 7.33. The quantitative estimate of drug-likeness (QED) is 0.884. The van der Waals surface area contributed by atoms with Crippen molar-refractivity contribution in [1.82, 2.24) is 0 Å². The van der Waals surface area contributed by atoms with Crippen molar-refractivity contribution in [3.05, 3.63) is 58.6 Å². The third-order valence-corrected chi connectivity index (χ3v) is 4.85. The number of fused-ring (bicyclic) bond motifs is 1. The van der Waals surface area contributed by atoms with E-state index < -0.39 is 10.8 Å². The third-order valence-electron chi connectivity index (χ3n) is 3.42. The van der Waals surface area contributed by atoms with Gasteiger partial charge in [-0.25, -0.2) is 0 Å². The van der Waals surface area contributed by atoms with E-state index in [4.69, 9.17) is 21.1 Å². The minimum Gasteiger partial charge on any atom is -0.467 e. The second-order valence-electron chi connectivity index (χ2n) is 5.31. The molecule has 2 aromatic rings. The van der Waals surface area contributed by atoms with Crippen LogP contribution in [0.3, 0.4) is 0 Å². The molecule has 3 rings (SSSR count). The lowest BCUT2D eigenvalue weighted by atomic mass is 10.1. The van der Waals surface area contributed by atoms with Crippen molar-refractivity contribution in [2.75, 3.05) is 17.9 Å². The standard InChI is InChI=1S/C17H16ClNO4S/c18-14-6-12-8-22-11-23-17(12)13(7-14)9-24(21)10-16(20)19-15-4-2-1-3-5-15/h1-7H,8-11H2,(H,19,20)/t24-/m1/s1. The Hall–Kier alpha value is -1.89. The van der Waals surface area contributed by atoms with Crippen LogP contribution >= 0.6 is 11.6 Å². The molecule has 0 saturated heterocycles. The van der Waals surface area contributed by atoms with Crippen LogP contribution < -0.4 is 10.1 Å². The summed E-state index contributed by atoms with van der Waals surface area (Å²) in [6.07, 6.45) is 0. The number of nitrogens with one attached hydrogen (secondary N) is 1. The molecular formula is C17H16ClNO4S. The van der Waals surface area contributed by atoms with E-state index in [1.807, 2.05) is 18.2 Å². The number of halogens is 1. The molecule has 1 atom stereocenters. The van der Waals surface area contributed by atoms with Crippen LogP contribution in [0, 0.1) is 0 Å². The van der Waals surface area contributed by atoms with E-state index in [1.54, 1.807) is 24.3 Å². The minimum atomic E-state index is -1.37. The molecule has 0 unspecified atom stereocenters. The van der Waals surface area contributed by atoms with Crippen molar-refractivity contribution in [1.29, 1.82) is 0 Å². The Balaban J connectivity index is 1.65.